The van der Waals surface area contributed by atoms with Crippen molar-refractivity contribution < 1.29 is 19.1 Å². The molecule has 1 unspecified atom stereocenters. The SMILES string of the molecule is CC1C(=O)N(c2ccc3c(c2)OCO3)CCN1C(=O)c1ccc(Br)cc1. The van der Waals surface area contributed by atoms with Crippen LogP contribution in [0.5, 0.6) is 11.5 Å². The highest BCUT2D eigenvalue weighted by Crippen LogP contribution is 2.36. The maximum Gasteiger partial charge on any atom is 0.254 e. The van der Waals surface area contributed by atoms with E-state index in [4.69, 9.17) is 9.47 Å². The number of carbonyl (C=O) groups excluding carboxylic acids is 2. The molecule has 2 heterocycles. The van der Waals surface area contributed by atoms with E-state index in [-0.39, 0.29) is 18.6 Å². The normalized spacial score (nSPS) is 19.0. The number of hydrogen-bond acceptors (Lipinski definition) is 4. The summed E-state index contributed by atoms with van der Waals surface area (Å²) in [7, 11) is 0. The topological polar surface area (TPSA) is 59.1 Å². The van der Waals surface area contributed by atoms with Crippen molar-refractivity contribution in [1.29, 1.82) is 0 Å². The summed E-state index contributed by atoms with van der Waals surface area (Å²) in [4.78, 5) is 29.0. The minimum absolute atomic E-state index is 0.111. The molecule has 0 spiro atoms. The molecule has 134 valence electrons. The summed E-state index contributed by atoms with van der Waals surface area (Å²) >= 11 is 3.36. The van der Waals surface area contributed by atoms with Crippen molar-refractivity contribution in [3.8, 4) is 11.5 Å². The molecule has 0 radical (unpaired) electrons. The van der Waals surface area contributed by atoms with Crippen molar-refractivity contribution in [3.05, 3.63) is 52.5 Å². The van der Waals surface area contributed by atoms with Gasteiger partial charge in [-0.25, -0.2) is 0 Å². The molecule has 26 heavy (non-hydrogen) atoms. The predicted octanol–water partition coefficient (Wildman–Crippen LogP) is 3.06. The molecule has 0 aliphatic carbocycles. The number of fused-ring (bicyclic) bond motifs is 1. The molecule has 2 aliphatic heterocycles. The molecule has 1 saturated heterocycles. The third kappa shape index (κ3) is 2.92. The van der Waals surface area contributed by atoms with Gasteiger partial charge in [0.15, 0.2) is 11.5 Å². The van der Waals surface area contributed by atoms with Crippen molar-refractivity contribution in [2.75, 3.05) is 24.8 Å². The van der Waals surface area contributed by atoms with Crippen LogP contribution in [0.15, 0.2) is 46.9 Å². The number of nitrogens with zero attached hydrogens (tertiary/aromatic N) is 2. The second kappa shape index (κ2) is 6.64. The van der Waals surface area contributed by atoms with E-state index < -0.39 is 6.04 Å². The number of rotatable bonds is 2. The van der Waals surface area contributed by atoms with Crippen molar-refractivity contribution >= 4 is 33.4 Å². The fourth-order valence-electron chi connectivity index (χ4n) is 3.22. The molecular weight excluding hydrogens is 400 g/mol. The van der Waals surface area contributed by atoms with Crippen molar-refractivity contribution in [3.63, 3.8) is 0 Å². The zero-order valence-corrected chi connectivity index (χ0v) is 15.7. The smallest absolute Gasteiger partial charge is 0.254 e. The van der Waals surface area contributed by atoms with E-state index in [1.165, 1.54) is 0 Å². The molecule has 0 aromatic heterocycles. The van der Waals surface area contributed by atoms with Gasteiger partial charge in [-0.1, -0.05) is 15.9 Å². The summed E-state index contributed by atoms with van der Waals surface area (Å²) in [6.45, 7) is 2.86. The van der Waals surface area contributed by atoms with Crippen molar-refractivity contribution in [2.45, 2.75) is 13.0 Å². The van der Waals surface area contributed by atoms with Gasteiger partial charge in [-0.2, -0.15) is 0 Å². The lowest BCUT2D eigenvalue weighted by Crippen LogP contribution is -2.57. The number of amides is 2. The first kappa shape index (κ1) is 16.9. The molecule has 4 rings (SSSR count). The number of carbonyl (C=O) groups is 2. The molecule has 7 heteroatoms. The molecule has 0 bridgehead atoms. The van der Waals surface area contributed by atoms with E-state index >= 15 is 0 Å². The quantitative estimate of drug-likeness (QED) is 0.754. The molecule has 2 aromatic carbocycles. The third-order valence-electron chi connectivity index (χ3n) is 4.68. The first-order valence-electron chi connectivity index (χ1n) is 8.32. The van der Waals surface area contributed by atoms with Crippen molar-refractivity contribution in [1.82, 2.24) is 4.90 Å². The Labute approximate surface area is 159 Å². The molecule has 1 atom stereocenters. The highest BCUT2D eigenvalue weighted by atomic mass is 79.9. The van der Waals surface area contributed by atoms with Gasteiger partial charge in [0, 0.05) is 34.9 Å². The average molecular weight is 417 g/mol. The van der Waals surface area contributed by atoms with Gasteiger partial charge < -0.3 is 19.3 Å². The fourth-order valence-corrected chi connectivity index (χ4v) is 3.48. The van der Waals surface area contributed by atoms with Crippen LogP contribution in [0, 0.1) is 0 Å². The second-order valence-corrected chi connectivity index (χ2v) is 7.12. The minimum atomic E-state index is -0.537. The van der Waals surface area contributed by atoms with E-state index in [0.29, 0.717) is 30.2 Å². The zero-order valence-electron chi connectivity index (χ0n) is 14.1. The predicted molar refractivity (Wildman–Crippen MR) is 99.6 cm³/mol. The maximum atomic E-state index is 12.9. The van der Waals surface area contributed by atoms with Gasteiger partial charge in [0.05, 0.1) is 0 Å². The van der Waals surface area contributed by atoms with Crippen LogP contribution in [-0.4, -0.2) is 42.6 Å². The van der Waals surface area contributed by atoms with E-state index in [1.807, 2.05) is 18.2 Å². The number of anilines is 1. The van der Waals surface area contributed by atoms with Gasteiger partial charge in [0.1, 0.15) is 6.04 Å². The van der Waals surface area contributed by atoms with Crippen LogP contribution in [-0.2, 0) is 4.79 Å². The van der Waals surface area contributed by atoms with Crippen LogP contribution in [0.1, 0.15) is 17.3 Å². The lowest BCUT2D eigenvalue weighted by molar-refractivity contribution is -0.124. The summed E-state index contributed by atoms with van der Waals surface area (Å²) in [6, 6.07) is 12.1. The summed E-state index contributed by atoms with van der Waals surface area (Å²) in [5.74, 6) is 1.07. The zero-order chi connectivity index (χ0) is 18.3. The summed E-state index contributed by atoms with van der Waals surface area (Å²) in [6.07, 6.45) is 0. The highest BCUT2D eigenvalue weighted by Gasteiger charge is 2.35. The van der Waals surface area contributed by atoms with Gasteiger partial charge in [0.25, 0.3) is 5.91 Å². The Hall–Kier alpha value is -2.54. The second-order valence-electron chi connectivity index (χ2n) is 6.21. The molecule has 2 aromatic rings. The third-order valence-corrected chi connectivity index (χ3v) is 5.20. The van der Waals surface area contributed by atoms with Crippen LogP contribution in [0.3, 0.4) is 0 Å². The number of hydrogen-bond donors (Lipinski definition) is 0. The van der Waals surface area contributed by atoms with Gasteiger partial charge in [-0.3, -0.25) is 9.59 Å². The van der Waals surface area contributed by atoms with Crippen LogP contribution in [0.4, 0.5) is 5.69 Å². The van der Waals surface area contributed by atoms with Crippen LogP contribution < -0.4 is 14.4 Å². The number of benzene rings is 2. The minimum Gasteiger partial charge on any atom is -0.454 e. The van der Waals surface area contributed by atoms with Gasteiger partial charge in [-0.15, -0.1) is 0 Å². The Kier molecular flexibility index (Phi) is 4.32. The summed E-state index contributed by atoms with van der Waals surface area (Å²) < 4.78 is 11.6. The highest BCUT2D eigenvalue weighted by molar-refractivity contribution is 9.10. The Bertz CT molecular complexity index is 868. The summed E-state index contributed by atoms with van der Waals surface area (Å²) in [5, 5.41) is 0. The standard InChI is InChI=1S/C19H17BrN2O4/c1-12-18(23)22(15-6-7-16-17(10-15)26-11-25-16)9-8-21(12)19(24)13-2-4-14(20)5-3-13/h2-7,10,12H,8-9,11H2,1H3. The van der Waals surface area contributed by atoms with E-state index in [0.717, 1.165) is 10.2 Å². The first-order valence-corrected chi connectivity index (χ1v) is 9.11. The Morgan fingerprint density at radius 1 is 1.08 bits per heavy atom. The molecule has 6 nitrogen and oxygen atoms in total. The summed E-state index contributed by atoms with van der Waals surface area (Å²) in [5.41, 5.74) is 1.33. The van der Waals surface area contributed by atoms with Crippen LogP contribution in [0.25, 0.3) is 0 Å². The first-order chi connectivity index (χ1) is 12.5. The van der Waals surface area contributed by atoms with Gasteiger partial charge in [-0.05, 0) is 43.3 Å². The van der Waals surface area contributed by atoms with Crippen LogP contribution >= 0.6 is 15.9 Å². The molecule has 2 amide bonds. The average Bonchev–Trinajstić information content (AvgIpc) is 3.12. The molecule has 0 N–H and O–H groups in total. The number of ether oxygens (including phenoxy) is 2. The molecule has 2 aliphatic rings. The van der Waals surface area contributed by atoms with Gasteiger partial charge >= 0.3 is 0 Å². The Morgan fingerprint density at radius 3 is 2.58 bits per heavy atom. The number of halogens is 1. The Balaban J connectivity index is 1.53. The largest absolute Gasteiger partial charge is 0.454 e. The lowest BCUT2D eigenvalue weighted by atomic mass is 10.1. The van der Waals surface area contributed by atoms with Crippen LogP contribution in [0.2, 0.25) is 0 Å². The number of piperazine rings is 1. The van der Waals surface area contributed by atoms with Gasteiger partial charge in [0.2, 0.25) is 12.7 Å². The maximum absolute atomic E-state index is 12.9. The molecule has 1 fully saturated rings. The molecule has 0 saturated carbocycles. The lowest BCUT2D eigenvalue weighted by Gasteiger charge is -2.39. The monoisotopic (exact) mass is 416 g/mol. The van der Waals surface area contributed by atoms with Crippen molar-refractivity contribution in [2.24, 2.45) is 0 Å². The van der Waals surface area contributed by atoms with E-state index in [1.54, 1.807) is 41.0 Å². The van der Waals surface area contributed by atoms with E-state index in [2.05, 4.69) is 15.9 Å². The Morgan fingerprint density at radius 2 is 1.81 bits per heavy atom. The van der Waals surface area contributed by atoms with E-state index in [9.17, 15) is 9.59 Å². The fraction of sp³-hybridized carbons (Fsp3) is 0.263. The molecular formula is C19H17BrN2O4.